The molecule has 1 saturated heterocycles. The summed E-state index contributed by atoms with van der Waals surface area (Å²) in [5, 5.41) is 7.85. The van der Waals surface area contributed by atoms with Crippen molar-refractivity contribution in [3.8, 4) is 0 Å². The van der Waals surface area contributed by atoms with Crippen molar-refractivity contribution in [2.45, 2.75) is 56.2 Å². The van der Waals surface area contributed by atoms with Crippen molar-refractivity contribution in [3.05, 3.63) is 53.6 Å². The van der Waals surface area contributed by atoms with Crippen LogP contribution in [0.5, 0.6) is 0 Å². The number of nitrogens with zero attached hydrogens (tertiary/aromatic N) is 2. The van der Waals surface area contributed by atoms with E-state index >= 15 is 0 Å². The Bertz CT molecular complexity index is 706. The van der Waals surface area contributed by atoms with Crippen LogP contribution in [0.2, 0.25) is 0 Å². The molecule has 4 heteroatoms. The summed E-state index contributed by atoms with van der Waals surface area (Å²) in [7, 11) is 1.79. The Balaban J connectivity index is 1.89. The van der Waals surface area contributed by atoms with Crippen molar-refractivity contribution < 1.29 is 4.74 Å². The number of hydrazone groups is 1. The highest BCUT2D eigenvalue weighted by atomic mass is 32.2. The second-order valence-corrected chi connectivity index (χ2v) is 9.03. The standard InChI is InChI=1S/C23H32N2OS/c1-17(2)23(27-21-13-11-18(3)12-14-21)22(19-8-5-6-9-19)24-25-15-7-10-20(25)16-26-4/h5-6,8,11-14,17,20,23H,7,9-10,15-16H2,1-4H3/b24-22+. The van der Waals surface area contributed by atoms with E-state index in [-0.39, 0.29) is 0 Å². The van der Waals surface area contributed by atoms with Gasteiger partial charge in [0.25, 0.3) is 0 Å². The molecule has 0 radical (unpaired) electrons. The Morgan fingerprint density at radius 1 is 1.30 bits per heavy atom. The second kappa shape index (κ2) is 9.61. The lowest BCUT2D eigenvalue weighted by molar-refractivity contribution is 0.118. The Kier molecular flexibility index (Phi) is 7.20. The van der Waals surface area contributed by atoms with Gasteiger partial charge in [0.1, 0.15) is 0 Å². The second-order valence-electron chi connectivity index (χ2n) is 7.82. The van der Waals surface area contributed by atoms with Crippen LogP contribution in [0.1, 0.15) is 38.7 Å². The zero-order chi connectivity index (χ0) is 19.2. The van der Waals surface area contributed by atoms with Crippen molar-refractivity contribution in [2.75, 3.05) is 20.3 Å². The van der Waals surface area contributed by atoms with E-state index in [1.807, 2.05) is 11.8 Å². The van der Waals surface area contributed by atoms with E-state index in [1.165, 1.54) is 34.6 Å². The molecule has 0 bridgehead atoms. The minimum Gasteiger partial charge on any atom is -0.382 e. The summed E-state index contributed by atoms with van der Waals surface area (Å²) < 4.78 is 5.43. The van der Waals surface area contributed by atoms with Crippen LogP contribution in [0.3, 0.4) is 0 Å². The maximum Gasteiger partial charge on any atom is 0.0776 e. The molecule has 1 aromatic rings. The molecule has 1 aliphatic carbocycles. The van der Waals surface area contributed by atoms with Gasteiger partial charge in [0.15, 0.2) is 0 Å². The lowest BCUT2D eigenvalue weighted by atomic mass is 9.99. The third-order valence-corrected chi connectivity index (χ3v) is 6.77. The first-order chi connectivity index (χ1) is 13.1. The molecule has 0 aromatic heterocycles. The van der Waals surface area contributed by atoms with Crippen LogP contribution in [0.25, 0.3) is 0 Å². The number of rotatable bonds is 8. The normalized spacial score (nSPS) is 21.2. The largest absolute Gasteiger partial charge is 0.382 e. The Morgan fingerprint density at radius 2 is 2.07 bits per heavy atom. The number of thioether (sulfide) groups is 1. The lowest BCUT2D eigenvalue weighted by Crippen LogP contribution is -2.33. The molecule has 146 valence electrons. The fourth-order valence-corrected chi connectivity index (χ4v) is 4.83. The summed E-state index contributed by atoms with van der Waals surface area (Å²) in [6, 6.07) is 9.26. The predicted molar refractivity (Wildman–Crippen MR) is 117 cm³/mol. The fourth-order valence-electron chi connectivity index (χ4n) is 3.66. The van der Waals surface area contributed by atoms with E-state index in [4.69, 9.17) is 9.84 Å². The van der Waals surface area contributed by atoms with Crippen LogP contribution < -0.4 is 0 Å². The van der Waals surface area contributed by atoms with Crippen molar-refractivity contribution in [3.63, 3.8) is 0 Å². The number of allylic oxidation sites excluding steroid dienone is 4. The van der Waals surface area contributed by atoms with Crippen LogP contribution in [0, 0.1) is 12.8 Å². The molecule has 1 aromatic carbocycles. The number of ether oxygens (including phenoxy) is 1. The van der Waals surface area contributed by atoms with Crippen molar-refractivity contribution >= 4 is 17.5 Å². The minimum atomic E-state index is 0.336. The van der Waals surface area contributed by atoms with Gasteiger partial charge in [0.2, 0.25) is 0 Å². The van der Waals surface area contributed by atoms with Gasteiger partial charge in [-0.25, -0.2) is 0 Å². The zero-order valence-corrected chi connectivity index (χ0v) is 17.8. The van der Waals surface area contributed by atoms with Crippen LogP contribution >= 0.6 is 11.8 Å². The van der Waals surface area contributed by atoms with Gasteiger partial charge < -0.3 is 4.74 Å². The Hall–Kier alpha value is -1.52. The molecule has 3 nitrogen and oxygen atoms in total. The summed E-state index contributed by atoms with van der Waals surface area (Å²) >= 11 is 1.94. The molecule has 3 rings (SSSR count). The predicted octanol–water partition coefficient (Wildman–Crippen LogP) is 5.46. The van der Waals surface area contributed by atoms with E-state index in [0.29, 0.717) is 17.2 Å². The molecule has 2 unspecified atom stereocenters. The number of hydrogen-bond donors (Lipinski definition) is 0. The molecular weight excluding hydrogens is 352 g/mol. The number of benzene rings is 1. The van der Waals surface area contributed by atoms with E-state index < -0.39 is 0 Å². The Labute approximate surface area is 168 Å². The van der Waals surface area contributed by atoms with E-state index in [2.05, 4.69) is 68.3 Å². The highest BCUT2D eigenvalue weighted by Gasteiger charge is 2.29. The number of methoxy groups -OCH3 is 1. The van der Waals surface area contributed by atoms with Crippen molar-refractivity contribution in [2.24, 2.45) is 11.0 Å². The summed E-state index contributed by atoms with van der Waals surface area (Å²) in [4.78, 5) is 1.31. The summed E-state index contributed by atoms with van der Waals surface area (Å²) in [5.74, 6) is 0.500. The quantitative estimate of drug-likeness (QED) is 0.439. The van der Waals surface area contributed by atoms with Crippen LogP contribution in [0.4, 0.5) is 0 Å². The SMILES string of the molecule is COCC1CCCN1/N=C(\C1=CC=CC1)C(Sc1ccc(C)cc1)C(C)C. The molecule has 0 N–H and O–H groups in total. The van der Waals surface area contributed by atoms with E-state index in [1.54, 1.807) is 7.11 Å². The lowest BCUT2D eigenvalue weighted by Gasteiger charge is -2.28. The summed E-state index contributed by atoms with van der Waals surface area (Å²) in [6.07, 6.45) is 9.98. The van der Waals surface area contributed by atoms with Gasteiger partial charge in [-0.2, -0.15) is 5.10 Å². The molecule has 1 aliphatic heterocycles. The summed E-state index contributed by atoms with van der Waals surface area (Å²) in [6.45, 7) is 8.53. The first-order valence-corrected chi connectivity index (χ1v) is 10.9. The first kappa shape index (κ1) is 20.2. The topological polar surface area (TPSA) is 24.8 Å². The molecule has 0 spiro atoms. The fraction of sp³-hybridized carbons (Fsp3) is 0.522. The highest BCUT2D eigenvalue weighted by Crippen LogP contribution is 2.34. The third kappa shape index (κ3) is 5.26. The van der Waals surface area contributed by atoms with Gasteiger partial charge in [-0.05, 0) is 49.8 Å². The average molecular weight is 385 g/mol. The van der Waals surface area contributed by atoms with Crippen LogP contribution in [-0.4, -0.2) is 42.3 Å². The number of aryl methyl sites for hydroxylation is 1. The molecule has 27 heavy (non-hydrogen) atoms. The van der Waals surface area contributed by atoms with Crippen LogP contribution in [0.15, 0.2) is 58.1 Å². The van der Waals surface area contributed by atoms with Crippen molar-refractivity contribution in [1.29, 1.82) is 0 Å². The summed E-state index contributed by atoms with van der Waals surface area (Å²) in [5.41, 5.74) is 3.90. The third-order valence-electron chi connectivity index (χ3n) is 5.20. The average Bonchev–Trinajstić information content (AvgIpc) is 3.32. The first-order valence-electron chi connectivity index (χ1n) is 10.0. The van der Waals surface area contributed by atoms with E-state index in [0.717, 1.165) is 19.6 Å². The van der Waals surface area contributed by atoms with E-state index in [9.17, 15) is 0 Å². The maximum absolute atomic E-state index is 5.43. The molecule has 2 atom stereocenters. The molecule has 1 fully saturated rings. The maximum atomic E-state index is 5.43. The van der Waals surface area contributed by atoms with Gasteiger partial charge in [-0.3, -0.25) is 5.01 Å². The van der Waals surface area contributed by atoms with Crippen LogP contribution in [-0.2, 0) is 4.74 Å². The van der Waals surface area contributed by atoms with Gasteiger partial charge in [0.05, 0.1) is 23.6 Å². The Morgan fingerprint density at radius 3 is 2.70 bits per heavy atom. The smallest absolute Gasteiger partial charge is 0.0776 e. The minimum absolute atomic E-state index is 0.336. The van der Waals surface area contributed by atoms with Gasteiger partial charge in [0, 0.05) is 18.6 Å². The highest BCUT2D eigenvalue weighted by molar-refractivity contribution is 8.00. The van der Waals surface area contributed by atoms with Gasteiger partial charge in [-0.15, -0.1) is 11.8 Å². The monoisotopic (exact) mass is 384 g/mol. The van der Waals surface area contributed by atoms with Crippen molar-refractivity contribution in [1.82, 2.24) is 5.01 Å². The molecular formula is C23H32N2OS. The zero-order valence-electron chi connectivity index (χ0n) is 17.0. The van der Waals surface area contributed by atoms with Gasteiger partial charge >= 0.3 is 0 Å². The molecule has 0 saturated carbocycles. The van der Waals surface area contributed by atoms with Gasteiger partial charge in [-0.1, -0.05) is 49.8 Å². The molecule has 0 amide bonds. The number of hydrogen-bond acceptors (Lipinski definition) is 4. The molecule has 1 heterocycles. The molecule has 2 aliphatic rings.